The summed E-state index contributed by atoms with van der Waals surface area (Å²) in [6, 6.07) is 0. The zero-order chi connectivity index (χ0) is 7.98. The first-order valence-corrected chi connectivity index (χ1v) is 2.40. The lowest BCUT2D eigenvalue weighted by atomic mass is 10.6. The maximum atomic E-state index is 10.0. The largest absolute Gasteiger partial charge is 0.349 e. The van der Waals surface area contributed by atoms with Gasteiger partial charge in [-0.05, 0) is 0 Å². The summed E-state index contributed by atoms with van der Waals surface area (Å²) in [6.45, 7) is 0.707. The molecule has 1 amide bonds. The summed E-state index contributed by atoms with van der Waals surface area (Å²) in [5, 5.41) is 16.2. The molecular weight excluding hydrogens is 140 g/mol. The Morgan fingerprint density at radius 1 is 1.80 bits per heavy atom. The lowest BCUT2D eigenvalue weighted by molar-refractivity contribution is -0.742. The van der Waals surface area contributed by atoms with E-state index >= 15 is 0 Å². The summed E-state index contributed by atoms with van der Waals surface area (Å²) in [5.41, 5.74) is 0. The monoisotopic (exact) mass is 146 g/mol. The fourth-order valence-electron chi connectivity index (χ4n) is 0.384. The van der Waals surface area contributed by atoms with Crippen molar-refractivity contribution in [3.8, 4) is 0 Å². The van der Waals surface area contributed by atoms with Crippen molar-refractivity contribution in [2.24, 2.45) is 0 Å². The quantitative estimate of drug-likeness (QED) is 0.350. The molecule has 1 aliphatic rings. The molecule has 0 atom stereocenters. The molecule has 56 valence electrons. The highest BCUT2D eigenvalue weighted by molar-refractivity contribution is 5.89. The summed E-state index contributed by atoms with van der Waals surface area (Å²) in [4.78, 5) is 18.4. The number of nitrogens with zero attached hydrogens (tertiary/aromatic N) is 1. The molecule has 6 nitrogen and oxygen atoms in total. The zero-order valence-electron chi connectivity index (χ0n) is 4.98. The molecule has 6 heteroatoms. The van der Waals surface area contributed by atoms with Gasteiger partial charge in [-0.3, -0.25) is 4.79 Å². The highest BCUT2D eigenvalue weighted by Gasteiger charge is 1.95. The van der Waals surface area contributed by atoms with Crippen molar-refractivity contribution in [3.63, 3.8) is 0 Å². The molecule has 1 aliphatic heterocycles. The third-order valence-electron chi connectivity index (χ3n) is 0.663. The molecule has 1 heterocycles. The van der Waals surface area contributed by atoms with Gasteiger partial charge in [-0.25, -0.2) is 0 Å². The van der Waals surface area contributed by atoms with Crippen molar-refractivity contribution in [3.05, 3.63) is 22.3 Å². The second-order valence-corrected chi connectivity index (χ2v) is 1.39. The van der Waals surface area contributed by atoms with E-state index in [0.717, 1.165) is 0 Å². The van der Waals surface area contributed by atoms with Crippen LogP contribution in [-0.4, -0.2) is 22.7 Å². The van der Waals surface area contributed by atoms with Crippen LogP contribution in [0.2, 0.25) is 0 Å². The van der Waals surface area contributed by atoms with Gasteiger partial charge < -0.3 is 10.5 Å². The predicted molar refractivity (Wildman–Crippen MR) is 30.9 cm³/mol. The second-order valence-electron chi connectivity index (χ2n) is 1.39. The van der Waals surface area contributed by atoms with Gasteiger partial charge in [-0.15, -0.1) is 10.1 Å². The van der Waals surface area contributed by atoms with Crippen LogP contribution in [-0.2, 0) is 4.79 Å². The van der Waals surface area contributed by atoms with E-state index in [4.69, 9.17) is 15.3 Å². The van der Waals surface area contributed by atoms with E-state index < -0.39 is 5.09 Å². The topological polar surface area (TPSA) is 92.5 Å². The smallest absolute Gasteiger partial charge is 0.291 e. The van der Waals surface area contributed by atoms with Gasteiger partial charge in [0.05, 0.1) is 0 Å². The SMILES string of the molecule is O=C1C=CCN1.O=[N+]([O-])O. The Bertz CT molecular complexity index is 161. The van der Waals surface area contributed by atoms with Crippen molar-refractivity contribution in [1.82, 2.24) is 5.32 Å². The molecule has 0 aromatic carbocycles. The molecule has 2 N–H and O–H groups in total. The molecule has 10 heavy (non-hydrogen) atoms. The summed E-state index contributed by atoms with van der Waals surface area (Å²) >= 11 is 0. The van der Waals surface area contributed by atoms with Crippen LogP contribution in [0.3, 0.4) is 0 Å². The Morgan fingerprint density at radius 3 is 2.40 bits per heavy atom. The van der Waals surface area contributed by atoms with Crippen LogP contribution in [0.25, 0.3) is 0 Å². The normalized spacial score (nSPS) is 13.4. The maximum absolute atomic E-state index is 10.0. The van der Waals surface area contributed by atoms with Gasteiger partial charge in [0.2, 0.25) is 5.91 Å². The molecule has 0 aliphatic carbocycles. The van der Waals surface area contributed by atoms with Gasteiger partial charge in [0, 0.05) is 12.6 Å². The minimum Gasteiger partial charge on any atom is -0.349 e. The lowest BCUT2D eigenvalue weighted by Crippen LogP contribution is -2.13. The summed E-state index contributed by atoms with van der Waals surface area (Å²) in [5.74, 6) is 0.0231. The number of carbonyl (C=O) groups excluding carboxylic acids is 1. The van der Waals surface area contributed by atoms with E-state index in [2.05, 4.69) is 5.32 Å². The fourth-order valence-corrected chi connectivity index (χ4v) is 0.384. The number of hydrogen-bond donors (Lipinski definition) is 2. The Kier molecular flexibility index (Phi) is 3.62. The van der Waals surface area contributed by atoms with Crippen LogP contribution in [0.5, 0.6) is 0 Å². The van der Waals surface area contributed by atoms with E-state index in [1.807, 2.05) is 0 Å². The third kappa shape index (κ3) is 6.41. The van der Waals surface area contributed by atoms with Gasteiger partial charge in [0.25, 0.3) is 5.09 Å². The number of hydrogen-bond acceptors (Lipinski definition) is 3. The van der Waals surface area contributed by atoms with Gasteiger partial charge in [-0.1, -0.05) is 6.08 Å². The summed E-state index contributed by atoms with van der Waals surface area (Å²) < 4.78 is 0. The van der Waals surface area contributed by atoms with Gasteiger partial charge in [0.15, 0.2) is 0 Å². The first-order valence-electron chi connectivity index (χ1n) is 2.40. The summed E-state index contributed by atoms with van der Waals surface area (Å²) in [7, 11) is 0. The van der Waals surface area contributed by atoms with Crippen LogP contribution in [0, 0.1) is 10.1 Å². The first kappa shape index (κ1) is 8.41. The first-order chi connectivity index (χ1) is 4.63. The lowest BCUT2D eigenvalue weighted by Gasteiger charge is -1.80. The van der Waals surface area contributed by atoms with Gasteiger partial charge >= 0.3 is 0 Å². The van der Waals surface area contributed by atoms with Crippen LogP contribution < -0.4 is 5.32 Å². The van der Waals surface area contributed by atoms with Crippen LogP contribution in [0.1, 0.15) is 0 Å². The molecule has 0 aromatic heterocycles. The van der Waals surface area contributed by atoms with Crippen molar-refractivity contribution < 1.29 is 15.1 Å². The number of amides is 1. The van der Waals surface area contributed by atoms with Crippen LogP contribution in [0.4, 0.5) is 0 Å². The molecule has 0 aromatic rings. The van der Waals surface area contributed by atoms with E-state index in [0.29, 0.717) is 6.54 Å². The van der Waals surface area contributed by atoms with Crippen molar-refractivity contribution in [2.75, 3.05) is 6.54 Å². The molecule has 0 unspecified atom stereocenters. The third-order valence-corrected chi connectivity index (χ3v) is 0.663. The highest BCUT2D eigenvalue weighted by Crippen LogP contribution is 1.79. The second kappa shape index (κ2) is 4.30. The molecule has 0 spiro atoms. The molecule has 0 fully saturated rings. The maximum Gasteiger partial charge on any atom is 0.291 e. The Balaban J connectivity index is 0.000000180. The predicted octanol–water partition coefficient (Wildman–Crippen LogP) is -0.675. The van der Waals surface area contributed by atoms with Gasteiger partial charge in [0.1, 0.15) is 0 Å². The van der Waals surface area contributed by atoms with Crippen molar-refractivity contribution >= 4 is 5.91 Å². The minimum absolute atomic E-state index is 0.0231. The Morgan fingerprint density at radius 2 is 2.30 bits per heavy atom. The fraction of sp³-hybridized carbons (Fsp3) is 0.250. The standard InChI is InChI=1S/C4H5NO.HNO3/c6-4-2-1-3-5-4;2-1(3)4/h1-2H,3H2,(H,5,6);(H,2,3,4). The van der Waals surface area contributed by atoms with Crippen LogP contribution >= 0.6 is 0 Å². The Labute approximate surface area is 56.3 Å². The number of nitrogens with one attached hydrogen (secondary N) is 1. The van der Waals surface area contributed by atoms with E-state index in [9.17, 15) is 4.79 Å². The molecule has 0 saturated carbocycles. The molecule has 1 rings (SSSR count). The van der Waals surface area contributed by atoms with E-state index in [-0.39, 0.29) is 5.91 Å². The van der Waals surface area contributed by atoms with Gasteiger partial charge in [-0.2, -0.15) is 0 Å². The molecule has 0 saturated heterocycles. The Hall–Kier alpha value is -1.59. The number of carbonyl (C=O) groups is 1. The average Bonchev–Trinajstić information content (AvgIpc) is 2.15. The average molecular weight is 146 g/mol. The van der Waals surface area contributed by atoms with Crippen LogP contribution in [0.15, 0.2) is 12.2 Å². The van der Waals surface area contributed by atoms with E-state index in [1.165, 1.54) is 6.08 Å². The number of rotatable bonds is 0. The molecule has 0 radical (unpaired) electrons. The summed E-state index contributed by atoms with van der Waals surface area (Å²) in [6.07, 6.45) is 3.32. The molecular formula is C4H6N2O4. The van der Waals surface area contributed by atoms with Crippen molar-refractivity contribution in [1.29, 1.82) is 0 Å². The van der Waals surface area contributed by atoms with Crippen molar-refractivity contribution in [2.45, 2.75) is 0 Å². The highest BCUT2D eigenvalue weighted by atomic mass is 16.9. The zero-order valence-corrected chi connectivity index (χ0v) is 4.98. The molecule has 0 bridgehead atoms. The minimum atomic E-state index is -1.50. The van der Waals surface area contributed by atoms with E-state index in [1.54, 1.807) is 6.08 Å².